The van der Waals surface area contributed by atoms with Crippen LogP contribution in [0.5, 0.6) is 0 Å². The summed E-state index contributed by atoms with van der Waals surface area (Å²) in [7, 11) is 0. The molecule has 12 heteroatoms. The zero-order valence-corrected chi connectivity index (χ0v) is 22.8. The Bertz CT molecular complexity index is 1230. The zero-order chi connectivity index (χ0) is 27.2. The van der Waals surface area contributed by atoms with E-state index in [1.165, 1.54) is 6.07 Å². The van der Waals surface area contributed by atoms with Gasteiger partial charge in [0.1, 0.15) is 5.69 Å². The summed E-state index contributed by atoms with van der Waals surface area (Å²) >= 11 is 11.6. The first-order chi connectivity index (χ1) is 18.3. The lowest BCUT2D eigenvalue weighted by Crippen LogP contribution is -2.48. The summed E-state index contributed by atoms with van der Waals surface area (Å²) in [5.74, 6) is -0.418. The molecule has 0 spiro atoms. The van der Waals surface area contributed by atoms with E-state index in [0.717, 1.165) is 38.0 Å². The predicted molar refractivity (Wildman–Crippen MR) is 153 cm³/mol. The molecule has 0 saturated carbocycles. The summed E-state index contributed by atoms with van der Waals surface area (Å²) in [6, 6.07) is 9.87. The number of nitrogens with zero attached hydrogens (tertiary/aromatic N) is 4. The third-order valence-corrected chi connectivity index (χ3v) is 7.28. The summed E-state index contributed by atoms with van der Waals surface area (Å²) in [6.45, 7) is 5.89. The third-order valence-electron chi connectivity index (χ3n) is 6.84. The number of thiocarbonyl (C=S) groups is 1. The van der Waals surface area contributed by atoms with Crippen molar-refractivity contribution in [2.45, 2.75) is 32.6 Å². The van der Waals surface area contributed by atoms with Gasteiger partial charge in [-0.05, 0) is 61.8 Å². The van der Waals surface area contributed by atoms with Gasteiger partial charge in [-0.15, -0.1) is 0 Å². The minimum Gasteiger partial charge on any atom is -0.366 e. The maximum atomic E-state index is 12.9. The number of carbonyl (C=O) groups excluding carboxylic acids is 2. The zero-order valence-electron chi connectivity index (χ0n) is 21.2. The summed E-state index contributed by atoms with van der Waals surface area (Å²) in [5, 5.41) is 18.0. The van der Waals surface area contributed by atoms with E-state index in [-0.39, 0.29) is 22.3 Å². The molecule has 0 aromatic heterocycles. The molecule has 0 aliphatic carbocycles. The largest absolute Gasteiger partial charge is 0.366 e. The van der Waals surface area contributed by atoms with Crippen LogP contribution >= 0.6 is 23.8 Å². The van der Waals surface area contributed by atoms with Crippen LogP contribution in [0.15, 0.2) is 36.4 Å². The number of amides is 2. The second kappa shape index (κ2) is 12.4. The Kier molecular flexibility index (Phi) is 9.01. The summed E-state index contributed by atoms with van der Waals surface area (Å²) in [4.78, 5) is 42.2. The fraction of sp³-hybridized carbons (Fsp3) is 0.423. The maximum absolute atomic E-state index is 12.9. The van der Waals surface area contributed by atoms with Gasteiger partial charge in [0.05, 0.1) is 16.3 Å². The molecule has 2 aliphatic heterocycles. The number of piperazine rings is 1. The molecule has 2 aromatic carbocycles. The highest BCUT2D eigenvalue weighted by atomic mass is 35.5. The van der Waals surface area contributed by atoms with Gasteiger partial charge in [-0.1, -0.05) is 18.5 Å². The first-order valence-electron chi connectivity index (χ1n) is 12.7. The van der Waals surface area contributed by atoms with Gasteiger partial charge in [0.2, 0.25) is 5.91 Å². The third kappa shape index (κ3) is 6.51. The Hall–Kier alpha value is -3.44. The van der Waals surface area contributed by atoms with Crippen molar-refractivity contribution in [2.75, 3.05) is 54.4 Å². The van der Waals surface area contributed by atoms with Crippen molar-refractivity contribution in [2.24, 2.45) is 0 Å². The number of anilines is 3. The molecule has 4 rings (SSSR count). The normalized spacial score (nSPS) is 15.7. The number of hydrogen-bond donors (Lipinski definition) is 2. The number of hydrogen-bond acceptors (Lipinski definition) is 7. The average Bonchev–Trinajstić information content (AvgIpc) is 2.93. The number of nitro groups is 1. The molecule has 0 unspecified atom stereocenters. The molecule has 2 fully saturated rings. The first-order valence-corrected chi connectivity index (χ1v) is 13.5. The summed E-state index contributed by atoms with van der Waals surface area (Å²) in [6.07, 6.45) is 3.55. The summed E-state index contributed by atoms with van der Waals surface area (Å²) in [5.41, 5.74) is 2.03. The molecule has 2 aromatic rings. The molecule has 0 radical (unpaired) electrons. The number of piperidine rings is 1. The van der Waals surface area contributed by atoms with Crippen LogP contribution in [-0.2, 0) is 4.79 Å². The molecule has 2 saturated heterocycles. The Morgan fingerprint density at radius 2 is 1.63 bits per heavy atom. The molecule has 202 valence electrons. The van der Waals surface area contributed by atoms with Gasteiger partial charge >= 0.3 is 0 Å². The molecule has 2 aliphatic rings. The van der Waals surface area contributed by atoms with Crippen molar-refractivity contribution >= 4 is 63.5 Å². The van der Waals surface area contributed by atoms with E-state index in [1.807, 2.05) is 22.8 Å². The van der Waals surface area contributed by atoms with Crippen molar-refractivity contribution in [3.8, 4) is 0 Å². The number of nitrogens with one attached hydrogen (secondary N) is 2. The minimum atomic E-state index is -0.550. The van der Waals surface area contributed by atoms with Crippen molar-refractivity contribution < 1.29 is 14.5 Å². The van der Waals surface area contributed by atoms with E-state index in [9.17, 15) is 19.7 Å². The fourth-order valence-electron chi connectivity index (χ4n) is 4.85. The molecule has 2 N–H and O–H groups in total. The van der Waals surface area contributed by atoms with Crippen LogP contribution in [0.4, 0.5) is 22.7 Å². The van der Waals surface area contributed by atoms with Crippen LogP contribution in [-0.4, -0.2) is 66.0 Å². The highest BCUT2D eigenvalue weighted by molar-refractivity contribution is 7.80. The monoisotopic (exact) mass is 558 g/mol. The van der Waals surface area contributed by atoms with Crippen molar-refractivity contribution in [1.82, 2.24) is 10.2 Å². The molecule has 0 atom stereocenters. The smallest absolute Gasteiger partial charge is 0.293 e. The van der Waals surface area contributed by atoms with Gasteiger partial charge in [0.15, 0.2) is 5.11 Å². The lowest BCUT2D eigenvalue weighted by Gasteiger charge is -2.37. The van der Waals surface area contributed by atoms with Crippen molar-refractivity contribution in [1.29, 1.82) is 0 Å². The lowest BCUT2D eigenvalue weighted by molar-refractivity contribution is -0.384. The van der Waals surface area contributed by atoms with Crippen LogP contribution < -0.4 is 20.4 Å². The molecular weight excluding hydrogens is 528 g/mol. The standard InChI is InChI=1S/C26H31ClN6O4S/c1-2-24(34)32-14-12-31(13-15-32)21-9-7-19(27)17-20(21)28-26(38)29-25(35)18-6-8-22(23(16-18)33(36)37)30-10-4-3-5-11-30/h6-9,16-17H,2-5,10-15H2,1H3,(H2,28,29,35,38). The van der Waals surface area contributed by atoms with Crippen LogP contribution in [0, 0.1) is 10.1 Å². The number of benzene rings is 2. The average molecular weight is 559 g/mol. The molecule has 2 amide bonds. The molecule has 2 heterocycles. The van der Waals surface area contributed by atoms with Gasteiger partial charge in [0, 0.05) is 62.3 Å². The predicted octanol–water partition coefficient (Wildman–Crippen LogP) is 4.42. The molecular formula is C26H31ClN6O4S. The van der Waals surface area contributed by atoms with E-state index < -0.39 is 10.8 Å². The maximum Gasteiger partial charge on any atom is 0.293 e. The van der Waals surface area contributed by atoms with Gasteiger partial charge in [-0.3, -0.25) is 25.0 Å². The Morgan fingerprint density at radius 1 is 0.974 bits per heavy atom. The van der Waals surface area contributed by atoms with E-state index >= 15 is 0 Å². The van der Waals surface area contributed by atoms with E-state index in [2.05, 4.69) is 15.5 Å². The van der Waals surface area contributed by atoms with Crippen LogP contribution in [0.1, 0.15) is 43.0 Å². The lowest BCUT2D eigenvalue weighted by atomic mass is 10.1. The number of carbonyl (C=O) groups is 2. The fourth-order valence-corrected chi connectivity index (χ4v) is 5.22. The Labute approximate surface area is 232 Å². The second-order valence-electron chi connectivity index (χ2n) is 9.30. The molecule has 0 bridgehead atoms. The highest BCUT2D eigenvalue weighted by Gasteiger charge is 2.25. The van der Waals surface area contributed by atoms with Crippen LogP contribution in [0.3, 0.4) is 0 Å². The van der Waals surface area contributed by atoms with Crippen molar-refractivity contribution in [3.05, 3.63) is 57.1 Å². The second-order valence-corrected chi connectivity index (χ2v) is 10.1. The SMILES string of the molecule is CCC(=O)N1CCN(c2ccc(Cl)cc2NC(=S)NC(=O)c2ccc(N3CCCCC3)c([N+](=O)[O-])c2)CC1. The van der Waals surface area contributed by atoms with Crippen LogP contribution in [0.25, 0.3) is 0 Å². The Morgan fingerprint density at radius 3 is 2.29 bits per heavy atom. The number of rotatable bonds is 6. The van der Waals surface area contributed by atoms with Crippen molar-refractivity contribution in [3.63, 3.8) is 0 Å². The van der Waals surface area contributed by atoms with E-state index in [0.29, 0.717) is 49.0 Å². The van der Waals surface area contributed by atoms with Gasteiger partial charge in [-0.25, -0.2) is 0 Å². The number of halogens is 1. The van der Waals surface area contributed by atoms with Gasteiger partial charge in [-0.2, -0.15) is 0 Å². The van der Waals surface area contributed by atoms with E-state index in [4.69, 9.17) is 23.8 Å². The van der Waals surface area contributed by atoms with E-state index in [1.54, 1.807) is 24.3 Å². The Balaban J connectivity index is 1.45. The topological polar surface area (TPSA) is 111 Å². The quantitative estimate of drug-likeness (QED) is 0.304. The van der Waals surface area contributed by atoms with Gasteiger partial charge < -0.3 is 20.0 Å². The molecule has 10 nitrogen and oxygen atoms in total. The number of nitro benzene ring substituents is 1. The highest BCUT2D eigenvalue weighted by Crippen LogP contribution is 2.32. The first kappa shape index (κ1) is 27.6. The van der Waals surface area contributed by atoms with Crippen LogP contribution in [0.2, 0.25) is 5.02 Å². The summed E-state index contributed by atoms with van der Waals surface area (Å²) < 4.78 is 0. The minimum absolute atomic E-state index is 0.0427. The molecule has 38 heavy (non-hydrogen) atoms. The van der Waals surface area contributed by atoms with Gasteiger partial charge in [0.25, 0.3) is 11.6 Å².